The minimum Gasteiger partial charge on any atom is -0.462 e. The zero-order valence-corrected chi connectivity index (χ0v) is 37.8. The molecule has 0 radical (unpaired) electrons. The van der Waals surface area contributed by atoms with Gasteiger partial charge in [-0.1, -0.05) is 202 Å². The molecule has 0 aromatic carbocycles. The molecule has 1 N–H and O–H groups in total. The summed E-state index contributed by atoms with van der Waals surface area (Å²) in [4.78, 5) is 24.4. The SMILES string of the molecule is CC/C=C\C/C=C\C/C=C\C/C=C\C/C=C\C/C=C\CCCCCCCCCCC(=O)OC(CO)COC(=O)CCCCCCCCC/C=C\CCCCCCCC. The van der Waals surface area contributed by atoms with Gasteiger partial charge in [-0.05, 0) is 89.9 Å². The Kier molecular flexibility index (Phi) is 46.0. The van der Waals surface area contributed by atoms with Crippen LogP contribution in [-0.2, 0) is 19.1 Å². The predicted molar refractivity (Wildman–Crippen MR) is 251 cm³/mol. The van der Waals surface area contributed by atoms with Crippen molar-refractivity contribution in [1.82, 2.24) is 0 Å². The molecule has 0 spiro atoms. The highest BCUT2D eigenvalue weighted by Crippen LogP contribution is 2.14. The molecule has 0 aromatic rings. The number of unbranched alkanes of at least 4 members (excludes halogenated alkanes) is 21. The van der Waals surface area contributed by atoms with Gasteiger partial charge < -0.3 is 14.6 Å². The second-order valence-electron chi connectivity index (χ2n) is 15.8. The lowest BCUT2D eigenvalue weighted by Crippen LogP contribution is -2.28. The third-order valence-electron chi connectivity index (χ3n) is 10.2. The fourth-order valence-electron chi connectivity index (χ4n) is 6.55. The van der Waals surface area contributed by atoms with Crippen LogP contribution in [0.2, 0.25) is 0 Å². The lowest BCUT2D eigenvalue weighted by molar-refractivity contribution is -0.161. The van der Waals surface area contributed by atoms with Crippen LogP contribution in [0.4, 0.5) is 0 Å². The van der Waals surface area contributed by atoms with Gasteiger partial charge in [0.25, 0.3) is 0 Å². The van der Waals surface area contributed by atoms with Gasteiger partial charge in [-0.3, -0.25) is 9.59 Å². The van der Waals surface area contributed by atoms with Crippen molar-refractivity contribution < 1.29 is 24.2 Å². The average Bonchev–Trinajstić information content (AvgIpc) is 3.23. The van der Waals surface area contributed by atoms with Crippen molar-refractivity contribution in [1.29, 1.82) is 0 Å². The molecule has 0 aliphatic carbocycles. The Balaban J connectivity index is 3.58. The summed E-state index contributed by atoms with van der Waals surface area (Å²) in [5.74, 6) is -0.607. The van der Waals surface area contributed by atoms with Crippen molar-refractivity contribution in [3.05, 3.63) is 85.1 Å². The van der Waals surface area contributed by atoms with E-state index >= 15 is 0 Å². The zero-order valence-electron chi connectivity index (χ0n) is 37.8. The fraction of sp³-hybridized carbons (Fsp3) is 0.698. The van der Waals surface area contributed by atoms with Crippen molar-refractivity contribution in [2.24, 2.45) is 0 Å². The van der Waals surface area contributed by atoms with E-state index in [4.69, 9.17) is 9.47 Å². The molecule has 0 saturated heterocycles. The summed E-state index contributed by atoms with van der Waals surface area (Å²) in [6.45, 7) is 4.01. The third kappa shape index (κ3) is 45.8. The number of hydrogen-bond donors (Lipinski definition) is 1. The molecule has 0 saturated carbocycles. The van der Waals surface area contributed by atoms with Crippen molar-refractivity contribution >= 4 is 11.9 Å². The van der Waals surface area contributed by atoms with Crippen molar-refractivity contribution in [3.8, 4) is 0 Å². The Morgan fingerprint density at radius 2 is 0.741 bits per heavy atom. The van der Waals surface area contributed by atoms with Gasteiger partial charge in [0.05, 0.1) is 6.61 Å². The number of rotatable bonds is 43. The van der Waals surface area contributed by atoms with Crippen LogP contribution >= 0.6 is 0 Å². The highest BCUT2D eigenvalue weighted by molar-refractivity contribution is 5.70. The van der Waals surface area contributed by atoms with Crippen molar-refractivity contribution in [3.63, 3.8) is 0 Å². The number of esters is 2. The second-order valence-corrected chi connectivity index (χ2v) is 15.8. The predicted octanol–water partition coefficient (Wildman–Crippen LogP) is 15.9. The van der Waals surface area contributed by atoms with E-state index in [2.05, 4.69) is 98.9 Å². The summed E-state index contributed by atoms with van der Waals surface area (Å²) in [5, 5.41) is 9.61. The van der Waals surface area contributed by atoms with Gasteiger partial charge in [-0.2, -0.15) is 0 Å². The number of carbonyl (C=O) groups is 2. The second kappa shape index (κ2) is 48.4. The van der Waals surface area contributed by atoms with Crippen LogP contribution in [0, 0.1) is 0 Å². The summed E-state index contributed by atoms with van der Waals surface area (Å²) < 4.78 is 10.7. The molecule has 5 heteroatoms. The zero-order chi connectivity index (χ0) is 42.1. The monoisotopic (exact) mass is 807 g/mol. The standard InChI is InChI=1S/C53H90O5/c1-3-5-7-9-11-13-15-17-19-21-22-23-24-25-26-27-28-29-30-32-34-36-38-40-42-44-46-48-53(56)58-51(49-54)50-57-52(55)47-45-43-41-39-37-35-33-31-20-18-16-14-12-10-8-6-4-2/h5,7,11,13,17-20,22-23,25-26,28-29,51,54H,3-4,6,8-10,12,14-16,21,24,27,30-50H2,1-2H3/b7-5-,13-11-,19-17-,20-18-,23-22-,26-25-,29-28-. The van der Waals surface area contributed by atoms with Crippen LogP contribution in [-0.4, -0.2) is 36.4 Å². The summed E-state index contributed by atoms with van der Waals surface area (Å²) >= 11 is 0. The molecule has 58 heavy (non-hydrogen) atoms. The molecule has 0 aliphatic heterocycles. The molecular formula is C53H90O5. The lowest BCUT2D eigenvalue weighted by atomic mass is 10.1. The van der Waals surface area contributed by atoms with Crippen LogP contribution in [0.5, 0.6) is 0 Å². The highest BCUT2D eigenvalue weighted by Gasteiger charge is 2.16. The van der Waals surface area contributed by atoms with Gasteiger partial charge in [0.1, 0.15) is 6.61 Å². The van der Waals surface area contributed by atoms with Crippen LogP contribution < -0.4 is 0 Å². The van der Waals surface area contributed by atoms with E-state index in [-0.39, 0.29) is 25.2 Å². The minimum absolute atomic E-state index is 0.0748. The van der Waals surface area contributed by atoms with E-state index in [0.717, 1.165) is 83.5 Å². The summed E-state index contributed by atoms with van der Waals surface area (Å²) in [6, 6.07) is 0. The Morgan fingerprint density at radius 3 is 1.14 bits per heavy atom. The van der Waals surface area contributed by atoms with Crippen LogP contribution in [0.1, 0.15) is 219 Å². The maximum absolute atomic E-state index is 12.3. The first-order valence-electron chi connectivity index (χ1n) is 24.1. The molecule has 0 rings (SSSR count). The van der Waals surface area contributed by atoms with Crippen LogP contribution in [0.15, 0.2) is 85.1 Å². The summed E-state index contributed by atoms with van der Waals surface area (Å²) in [6.07, 6.45) is 66.6. The summed E-state index contributed by atoms with van der Waals surface area (Å²) in [7, 11) is 0. The maximum Gasteiger partial charge on any atom is 0.306 e. The molecule has 5 nitrogen and oxygen atoms in total. The molecule has 332 valence electrons. The number of carbonyl (C=O) groups excluding carboxylic acids is 2. The molecule has 0 fully saturated rings. The number of hydrogen-bond acceptors (Lipinski definition) is 5. The number of allylic oxidation sites excluding steroid dienone is 14. The highest BCUT2D eigenvalue weighted by atomic mass is 16.6. The average molecular weight is 807 g/mol. The van der Waals surface area contributed by atoms with E-state index < -0.39 is 6.10 Å². The van der Waals surface area contributed by atoms with E-state index in [1.807, 2.05) is 0 Å². The first-order chi connectivity index (χ1) is 28.6. The molecule has 0 heterocycles. The third-order valence-corrected chi connectivity index (χ3v) is 10.2. The van der Waals surface area contributed by atoms with Gasteiger partial charge in [0.2, 0.25) is 0 Å². The van der Waals surface area contributed by atoms with Crippen LogP contribution in [0.3, 0.4) is 0 Å². The minimum atomic E-state index is -0.783. The molecule has 0 amide bonds. The van der Waals surface area contributed by atoms with Crippen molar-refractivity contribution in [2.75, 3.05) is 13.2 Å². The van der Waals surface area contributed by atoms with E-state index in [1.165, 1.54) is 109 Å². The van der Waals surface area contributed by atoms with Crippen LogP contribution in [0.25, 0.3) is 0 Å². The quantitative estimate of drug-likeness (QED) is 0.0377. The fourth-order valence-corrected chi connectivity index (χ4v) is 6.55. The molecular weight excluding hydrogens is 717 g/mol. The van der Waals surface area contributed by atoms with Gasteiger partial charge in [0, 0.05) is 12.8 Å². The van der Waals surface area contributed by atoms with Gasteiger partial charge in [-0.25, -0.2) is 0 Å². The molecule has 0 aliphatic rings. The largest absolute Gasteiger partial charge is 0.462 e. The van der Waals surface area contributed by atoms with Crippen molar-refractivity contribution in [2.45, 2.75) is 225 Å². The molecule has 1 unspecified atom stereocenters. The van der Waals surface area contributed by atoms with E-state index in [9.17, 15) is 14.7 Å². The summed E-state index contributed by atoms with van der Waals surface area (Å²) in [5.41, 5.74) is 0. The van der Waals surface area contributed by atoms with E-state index in [1.54, 1.807) is 0 Å². The first-order valence-corrected chi connectivity index (χ1v) is 24.1. The lowest BCUT2D eigenvalue weighted by Gasteiger charge is -2.15. The molecule has 0 aromatic heterocycles. The number of aliphatic hydroxyl groups excluding tert-OH is 1. The topological polar surface area (TPSA) is 72.8 Å². The normalized spacial score (nSPS) is 12.9. The van der Waals surface area contributed by atoms with E-state index in [0.29, 0.717) is 12.8 Å². The first kappa shape index (κ1) is 55.1. The molecule has 1 atom stereocenters. The molecule has 0 bridgehead atoms. The van der Waals surface area contributed by atoms with Gasteiger partial charge in [0.15, 0.2) is 6.10 Å². The Hall–Kier alpha value is -2.92. The Morgan fingerprint density at radius 1 is 0.414 bits per heavy atom. The Labute approximate surface area is 358 Å². The smallest absolute Gasteiger partial charge is 0.306 e. The van der Waals surface area contributed by atoms with Gasteiger partial charge >= 0.3 is 11.9 Å². The van der Waals surface area contributed by atoms with Gasteiger partial charge in [-0.15, -0.1) is 0 Å². The number of aliphatic hydroxyl groups is 1. The number of ether oxygens (including phenoxy) is 2. The maximum atomic E-state index is 12.3. The Bertz CT molecular complexity index is 1090.